The number of aliphatic carboxylic acids is 1. The Kier molecular flexibility index (Phi) is 6.94. The number of hydrogen-bond donors (Lipinski definition) is 2. The van der Waals surface area contributed by atoms with Crippen LogP contribution in [0.2, 0.25) is 0 Å². The van der Waals surface area contributed by atoms with Crippen molar-refractivity contribution in [2.75, 3.05) is 6.54 Å². The van der Waals surface area contributed by atoms with Gasteiger partial charge in [-0.2, -0.15) is 18.2 Å². The van der Waals surface area contributed by atoms with Gasteiger partial charge in [-0.15, -0.1) is 11.3 Å². The van der Waals surface area contributed by atoms with Crippen molar-refractivity contribution in [3.05, 3.63) is 33.7 Å². The van der Waals surface area contributed by atoms with E-state index >= 15 is 0 Å². The quantitative estimate of drug-likeness (QED) is 0.585. The van der Waals surface area contributed by atoms with Crippen LogP contribution in [0.1, 0.15) is 47.3 Å². The summed E-state index contributed by atoms with van der Waals surface area (Å²) in [4.78, 5) is 23.7. The van der Waals surface area contributed by atoms with Crippen LogP contribution in [0.15, 0.2) is 10.7 Å². The third-order valence-corrected chi connectivity index (χ3v) is 6.17. The molecular weight excluding hydrogens is 447 g/mol. The molecule has 3 aromatic heterocycles. The molecule has 4 heterocycles. The van der Waals surface area contributed by atoms with Crippen LogP contribution in [0, 0.1) is 13.8 Å². The average Bonchev–Trinajstić information content (AvgIpc) is 3.34. The standard InChI is InChI=1S/C18H21N5OS.C2HF3O2/c1-9(2)18-21-11(4)15(25-18)17-22-16(23-24-17)14-10(3)20-8-12-7-19-6-5-13(12)14;3-2(4,5)1(6)7/h8-9,19H,5-7H2,1-4H3;(H,6,7). The van der Waals surface area contributed by atoms with Gasteiger partial charge in [0.1, 0.15) is 4.88 Å². The van der Waals surface area contributed by atoms with E-state index in [0.717, 1.165) is 46.3 Å². The van der Waals surface area contributed by atoms with E-state index in [1.807, 2.05) is 20.0 Å². The Labute approximate surface area is 185 Å². The second kappa shape index (κ2) is 9.33. The lowest BCUT2D eigenvalue weighted by atomic mass is 9.95. The van der Waals surface area contributed by atoms with Gasteiger partial charge in [0, 0.05) is 29.9 Å². The lowest BCUT2D eigenvalue weighted by Gasteiger charge is -2.19. The van der Waals surface area contributed by atoms with Crippen LogP contribution in [-0.2, 0) is 17.8 Å². The highest BCUT2D eigenvalue weighted by Crippen LogP contribution is 2.35. The molecule has 172 valence electrons. The van der Waals surface area contributed by atoms with Crippen molar-refractivity contribution < 1.29 is 27.6 Å². The molecule has 0 saturated heterocycles. The van der Waals surface area contributed by atoms with Gasteiger partial charge in [-0.25, -0.2) is 9.78 Å². The number of carboxylic acids is 1. The number of hydrogen-bond acceptors (Lipinski definition) is 8. The monoisotopic (exact) mass is 469 g/mol. The highest BCUT2D eigenvalue weighted by molar-refractivity contribution is 7.15. The molecule has 32 heavy (non-hydrogen) atoms. The molecule has 0 saturated carbocycles. The van der Waals surface area contributed by atoms with Crippen LogP contribution >= 0.6 is 11.3 Å². The minimum Gasteiger partial charge on any atom is -0.475 e. The highest BCUT2D eigenvalue weighted by Gasteiger charge is 2.38. The zero-order valence-electron chi connectivity index (χ0n) is 17.9. The zero-order chi connectivity index (χ0) is 23.6. The Hall–Kier alpha value is -2.86. The number of nitrogens with one attached hydrogen (secondary N) is 1. The van der Waals surface area contributed by atoms with Crippen LogP contribution < -0.4 is 5.32 Å². The highest BCUT2D eigenvalue weighted by atomic mass is 32.1. The number of carbonyl (C=O) groups is 1. The molecule has 0 atom stereocenters. The number of fused-ring (bicyclic) bond motifs is 1. The molecule has 0 aliphatic carbocycles. The van der Waals surface area contributed by atoms with Crippen molar-refractivity contribution in [3.63, 3.8) is 0 Å². The van der Waals surface area contributed by atoms with Gasteiger partial charge in [-0.05, 0) is 37.9 Å². The van der Waals surface area contributed by atoms with E-state index < -0.39 is 12.1 Å². The normalized spacial score (nSPS) is 13.5. The van der Waals surface area contributed by atoms with E-state index in [2.05, 4.69) is 39.3 Å². The molecule has 0 radical (unpaired) electrons. The molecule has 3 aromatic rings. The Morgan fingerprint density at radius 3 is 2.53 bits per heavy atom. The molecular formula is C20H22F3N5O3S. The van der Waals surface area contributed by atoms with E-state index in [-0.39, 0.29) is 0 Å². The van der Waals surface area contributed by atoms with Crippen LogP contribution in [0.4, 0.5) is 13.2 Å². The van der Waals surface area contributed by atoms with Crippen molar-refractivity contribution in [3.8, 4) is 22.2 Å². The zero-order valence-corrected chi connectivity index (χ0v) is 18.7. The number of aromatic nitrogens is 4. The van der Waals surface area contributed by atoms with E-state index in [1.165, 1.54) is 11.1 Å². The van der Waals surface area contributed by atoms with Crippen LogP contribution in [0.3, 0.4) is 0 Å². The molecule has 0 fully saturated rings. The fourth-order valence-corrected chi connectivity index (χ4v) is 4.14. The van der Waals surface area contributed by atoms with Gasteiger partial charge in [0.25, 0.3) is 5.89 Å². The van der Waals surface area contributed by atoms with E-state index in [0.29, 0.717) is 17.6 Å². The Morgan fingerprint density at radius 2 is 1.94 bits per heavy atom. The SMILES string of the molecule is Cc1nc(C(C)C)sc1-c1nc(-c2c(C)ncc3c2CCNC3)no1.O=C(O)C(F)(F)F. The van der Waals surface area contributed by atoms with E-state index in [9.17, 15) is 13.2 Å². The average molecular weight is 469 g/mol. The van der Waals surface area contributed by atoms with Crippen LogP contribution in [-0.4, -0.2) is 43.9 Å². The summed E-state index contributed by atoms with van der Waals surface area (Å²) in [5.74, 6) is -1.20. The van der Waals surface area contributed by atoms with Gasteiger partial charge < -0.3 is 14.9 Å². The summed E-state index contributed by atoms with van der Waals surface area (Å²) >= 11 is 1.63. The smallest absolute Gasteiger partial charge is 0.475 e. The van der Waals surface area contributed by atoms with Crippen molar-refractivity contribution >= 4 is 17.3 Å². The van der Waals surface area contributed by atoms with Crippen LogP contribution in [0.5, 0.6) is 0 Å². The van der Waals surface area contributed by atoms with Crippen molar-refractivity contribution in [2.24, 2.45) is 0 Å². The third kappa shape index (κ3) is 5.13. The number of rotatable bonds is 3. The number of aryl methyl sites for hydroxylation is 2. The number of nitrogens with zero attached hydrogens (tertiary/aromatic N) is 4. The molecule has 1 aliphatic heterocycles. The third-order valence-electron chi connectivity index (χ3n) is 4.73. The molecule has 0 spiro atoms. The maximum atomic E-state index is 10.6. The van der Waals surface area contributed by atoms with Gasteiger partial charge in [-0.3, -0.25) is 4.98 Å². The van der Waals surface area contributed by atoms with Gasteiger partial charge in [0.2, 0.25) is 5.82 Å². The topological polar surface area (TPSA) is 114 Å². The number of carboxylic acid groups (broad SMARTS) is 1. The van der Waals surface area contributed by atoms with E-state index in [4.69, 9.17) is 14.4 Å². The summed E-state index contributed by atoms with van der Waals surface area (Å²) in [5.41, 5.74) is 5.40. The molecule has 2 N–H and O–H groups in total. The Bertz CT molecular complexity index is 1120. The Morgan fingerprint density at radius 1 is 1.25 bits per heavy atom. The minimum absolute atomic E-state index is 0.389. The first-order valence-corrected chi connectivity index (χ1v) is 10.6. The number of halogens is 3. The summed E-state index contributed by atoms with van der Waals surface area (Å²) in [7, 11) is 0. The first-order chi connectivity index (χ1) is 15.0. The first kappa shape index (κ1) is 23.8. The Balaban J connectivity index is 0.000000360. The lowest BCUT2D eigenvalue weighted by molar-refractivity contribution is -0.192. The summed E-state index contributed by atoms with van der Waals surface area (Å²) in [5, 5.41) is 15.9. The lowest BCUT2D eigenvalue weighted by Crippen LogP contribution is -2.24. The second-order valence-corrected chi connectivity index (χ2v) is 8.53. The minimum atomic E-state index is -5.08. The molecule has 0 amide bonds. The molecule has 0 aromatic carbocycles. The molecule has 0 unspecified atom stereocenters. The number of pyridine rings is 1. The number of thiazole rings is 1. The van der Waals surface area contributed by atoms with Gasteiger partial charge in [-0.1, -0.05) is 19.0 Å². The first-order valence-electron chi connectivity index (χ1n) is 9.79. The largest absolute Gasteiger partial charge is 0.490 e. The maximum Gasteiger partial charge on any atom is 0.490 e. The van der Waals surface area contributed by atoms with Crippen LogP contribution in [0.25, 0.3) is 22.2 Å². The fraction of sp³-hybridized carbons (Fsp3) is 0.450. The number of alkyl halides is 3. The molecule has 12 heteroatoms. The summed E-state index contributed by atoms with van der Waals surface area (Å²) in [6.45, 7) is 10.1. The summed E-state index contributed by atoms with van der Waals surface area (Å²) in [6, 6.07) is 0. The van der Waals surface area contributed by atoms with E-state index in [1.54, 1.807) is 11.3 Å². The molecule has 1 aliphatic rings. The van der Waals surface area contributed by atoms with Gasteiger partial charge >= 0.3 is 12.1 Å². The van der Waals surface area contributed by atoms with Crippen molar-refractivity contribution in [1.82, 2.24) is 25.4 Å². The van der Waals surface area contributed by atoms with Crippen molar-refractivity contribution in [1.29, 1.82) is 0 Å². The predicted molar refractivity (Wildman–Crippen MR) is 111 cm³/mol. The fourth-order valence-electron chi connectivity index (χ4n) is 3.15. The summed E-state index contributed by atoms with van der Waals surface area (Å²) in [6.07, 6.45) is -2.18. The molecule has 8 nitrogen and oxygen atoms in total. The molecule has 4 rings (SSSR count). The second-order valence-electron chi connectivity index (χ2n) is 7.50. The van der Waals surface area contributed by atoms with Gasteiger partial charge in [0.15, 0.2) is 0 Å². The maximum absolute atomic E-state index is 10.6. The predicted octanol–water partition coefficient (Wildman–Crippen LogP) is 4.27. The van der Waals surface area contributed by atoms with Gasteiger partial charge in [0.05, 0.1) is 10.7 Å². The van der Waals surface area contributed by atoms with Crippen molar-refractivity contribution in [2.45, 2.75) is 52.8 Å². The molecule has 0 bridgehead atoms. The summed E-state index contributed by atoms with van der Waals surface area (Å²) < 4.78 is 37.3.